The van der Waals surface area contributed by atoms with Gasteiger partial charge >= 0.3 is 6.01 Å². The monoisotopic (exact) mass is 631 g/mol. The highest BCUT2D eigenvalue weighted by Crippen LogP contribution is 2.48. The number of H-pyrrole nitrogens is 2. The number of ether oxygens (including phenoxy) is 1. The predicted octanol–water partition coefficient (Wildman–Crippen LogP) is 5.12. The van der Waals surface area contributed by atoms with Gasteiger partial charge in [-0.25, -0.2) is 18.2 Å². The summed E-state index contributed by atoms with van der Waals surface area (Å²) < 4.78 is 52.9. The van der Waals surface area contributed by atoms with Gasteiger partial charge in [0.2, 0.25) is 0 Å². The Kier molecular flexibility index (Phi) is 6.67. The van der Waals surface area contributed by atoms with E-state index in [1.807, 2.05) is 0 Å². The Morgan fingerprint density at radius 3 is 2.93 bits per heavy atom. The molecule has 1 aromatic carbocycles. The summed E-state index contributed by atoms with van der Waals surface area (Å²) in [5, 5.41) is 10.3. The second kappa shape index (κ2) is 10.7. The summed E-state index contributed by atoms with van der Waals surface area (Å²) in [6, 6.07) is 4.19. The minimum absolute atomic E-state index is 0.0214. The van der Waals surface area contributed by atoms with Gasteiger partial charge in [0.15, 0.2) is 5.82 Å². The van der Waals surface area contributed by atoms with Crippen molar-refractivity contribution in [3.63, 3.8) is 0 Å². The molecular formula is C32H32F3N9O2. The largest absolute Gasteiger partial charge is 0.461 e. The Morgan fingerprint density at radius 2 is 2.13 bits per heavy atom. The number of nitrogens with one attached hydrogen (secondary N) is 3. The highest BCUT2D eigenvalue weighted by atomic mass is 19.1. The molecule has 0 unspecified atom stereocenters. The van der Waals surface area contributed by atoms with Crippen molar-refractivity contribution < 1.29 is 17.9 Å². The number of alkyl halides is 1. The molecule has 0 amide bonds. The number of hydrogen-bond acceptors (Lipinski definition) is 9. The summed E-state index contributed by atoms with van der Waals surface area (Å²) in [7, 11) is 0. The van der Waals surface area contributed by atoms with E-state index < -0.39 is 34.9 Å². The van der Waals surface area contributed by atoms with Crippen LogP contribution in [0.1, 0.15) is 62.1 Å². The summed E-state index contributed by atoms with van der Waals surface area (Å²) >= 11 is 0. The van der Waals surface area contributed by atoms with Gasteiger partial charge in [-0.3, -0.25) is 14.8 Å². The van der Waals surface area contributed by atoms with E-state index in [0.29, 0.717) is 35.0 Å². The number of nitrogens with two attached hydrogens (primary N) is 1. The van der Waals surface area contributed by atoms with Crippen molar-refractivity contribution in [2.24, 2.45) is 0 Å². The SMILES string of the molecule is C[C@@H](Nc1nc(OC[C@@]23CCCN2C[C@H](F)C3)nc2c(F)c(-c3c(C4CC4)c(F)cc4[nH]ncc34)[nH]c(=O)c12)c1cccnc1N. The fourth-order valence-electron chi connectivity index (χ4n) is 7.35. The van der Waals surface area contributed by atoms with Crippen molar-refractivity contribution in [1.29, 1.82) is 0 Å². The van der Waals surface area contributed by atoms with Gasteiger partial charge in [0.25, 0.3) is 5.56 Å². The first-order chi connectivity index (χ1) is 22.2. The molecule has 5 N–H and O–H groups in total. The first kappa shape index (κ1) is 28.7. The minimum atomic E-state index is -0.963. The topological polar surface area (TPSA) is 151 Å². The van der Waals surface area contributed by atoms with Crippen LogP contribution in [-0.4, -0.2) is 66.4 Å². The zero-order chi connectivity index (χ0) is 31.7. The normalized spacial score (nSPS) is 22.0. The van der Waals surface area contributed by atoms with E-state index in [1.54, 1.807) is 25.3 Å². The molecule has 0 spiro atoms. The summed E-state index contributed by atoms with van der Waals surface area (Å²) in [5.41, 5.74) is 6.02. The quantitative estimate of drug-likeness (QED) is 0.183. The second-order valence-electron chi connectivity index (χ2n) is 12.7. The van der Waals surface area contributed by atoms with Crippen molar-refractivity contribution >= 4 is 33.4 Å². The van der Waals surface area contributed by atoms with Crippen molar-refractivity contribution in [2.45, 2.75) is 62.7 Å². The number of pyridine rings is 2. The molecule has 6 heterocycles. The number of aromatic nitrogens is 6. The van der Waals surface area contributed by atoms with Gasteiger partial charge in [-0.2, -0.15) is 15.1 Å². The third-order valence-corrected chi connectivity index (χ3v) is 9.67. The van der Waals surface area contributed by atoms with Crippen LogP contribution in [0.25, 0.3) is 33.1 Å². The van der Waals surface area contributed by atoms with Crippen LogP contribution in [0.2, 0.25) is 0 Å². The fourth-order valence-corrected chi connectivity index (χ4v) is 7.35. The van der Waals surface area contributed by atoms with E-state index >= 15 is 8.78 Å². The van der Waals surface area contributed by atoms with E-state index in [0.717, 1.165) is 32.2 Å². The molecule has 46 heavy (non-hydrogen) atoms. The summed E-state index contributed by atoms with van der Waals surface area (Å²) in [4.78, 5) is 31.7. The van der Waals surface area contributed by atoms with E-state index in [4.69, 9.17) is 10.5 Å². The number of fused-ring (bicyclic) bond motifs is 3. The van der Waals surface area contributed by atoms with Crippen LogP contribution in [0.15, 0.2) is 35.4 Å². The smallest absolute Gasteiger partial charge is 0.319 e. The molecule has 2 saturated heterocycles. The zero-order valence-electron chi connectivity index (χ0n) is 25.0. The lowest BCUT2D eigenvalue weighted by molar-refractivity contribution is 0.107. The van der Waals surface area contributed by atoms with Crippen molar-refractivity contribution in [1.82, 2.24) is 35.0 Å². The predicted molar refractivity (Wildman–Crippen MR) is 166 cm³/mol. The molecule has 2 aliphatic heterocycles. The molecule has 0 radical (unpaired) electrons. The second-order valence-corrected chi connectivity index (χ2v) is 12.7. The van der Waals surface area contributed by atoms with E-state index in [2.05, 4.69) is 40.3 Å². The van der Waals surface area contributed by atoms with Crippen LogP contribution in [0.3, 0.4) is 0 Å². The van der Waals surface area contributed by atoms with Crippen molar-refractivity contribution in [3.05, 3.63) is 63.7 Å². The molecule has 0 bridgehead atoms. The molecule has 5 aromatic rings. The van der Waals surface area contributed by atoms with Crippen LogP contribution in [0.4, 0.5) is 24.8 Å². The fraction of sp³-hybridized carbons (Fsp3) is 0.406. The molecule has 3 atom stereocenters. The first-order valence-corrected chi connectivity index (χ1v) is 15.5. The lowest BCUT2D eigenvalue weighted by atomic mass is 9.95. The summed E-state index contributed by atoms with van der Waals surface area (Å²) in [6.45, 7) is 3.02. The van der Waals surface area contributed by atoms with Gasteiger partial charge in [-0.15, -0.1) is 0 Å². The number of rotatable bonds is 8. The molecule has 3 fully saturated rings. The number of nitrogens with zero attached hydrogens (tertiary/aromatic N) is 5. The molecule has 1 aliphatic carbocycles. The molecule has 1 saturated carbocycles. The zero-order valence-corrected chi connectivity index (χ0v) is 25.0. The van der Waals surface area contributed by atoms with Crippen LogP contribution in [0, 0.1) is 11.6 Å². The number of benzene rings is 1. The number of hydrogen-bond donors (Lipinski definition) is 4. The van der Waals surface area contributed by atoms with Crippen LogP contribution >= 0.6 is 0 Å². The Bertz CT molecular complexity index is 2060. The van der Waals surface area contributed by atoms with E-state index in [-0.39, 0.29) is 52.3 Å². The Labute approximate surface area is 260 Å². The first-order valence-electron chi connectivity index (χ1n) is 15.5. The maximum absolute atomic E-state index is 16.9. The number of nitrogen functional groups attached to an aromatic ring is 1. The highest BCUT2D eigenvalue weighted by molar-refractivity contribution is 5.99. The van der Waals surface area contributed by atoms with Crippen LogP contribution < -0.4 is 21.3 Å². The van der Waals surface area contributed by atoms with Gasteiger partial charge in [0, 0.05) is 41.2 Å². The third kappa shape index (κ3) is 4.65. The van der Waals surface area contributed by atoms with Gasteiger partial charge in [0.05, 0.1) is 29.0 Å². The standard InChI is InChI=1S/C32H32F3N9O2/c1-15(18-4-2-8-37-28(18)36)39-29-24-27(41-31(42-29)46-14-32-7-3-9-44(32)13-17(33)11-32)25(35)26(40-30(24)45)23-19-12-38-43-21(19)10-20(34)22(23)16-5-6-16/h2,4,8,10,12,15-17H,3,5-7,9,11,13-14H2,1H3,(H2,36,37)(H,38,43)(H,40,45)(H,39,41,42)/t15-,17-,32+/m1/s1. The maximum Gasteiger partial charge on any atom is 0.319 e. The molecular weight excluding hydrogens is 599 g/mol. The number of anilines is 2. The van der Waals surface area contributed by atoms with Crippen molar-refractivity contribution in [2.75, 3.05) is 30.7 Å². The number of aromatic amines is 2. The molecule has 8 rings (SSSR count). The van der Waals surface area contributed by atoms with E-state index in [9.17, 15) is 9.18 Å². The average molecular weight is 632 g/mol. The molecule has 14 heteroatoms. The molecule has 238 valence electrons. The highest BCUT2D eigenvalue weighted by Gasteiger charge is 2.49. The lowest BCUT2D eigenvalue weighted by Gasteiger charge is -2.30. The van der Waals surface area contributed by atoms with Gasteiger partial charge < -0.3 is 20.8 Å². The van der Waals surface area contributed by atoms with Gasteiger partial charge in [-0.05, 0) is 57.2 Å². The Hall–Kier alpha value is -4.72. The summed E-state index contributed by atoms with van der Waals surface area (Å²) in [5.74, 6) is -1.17. The lowest BCUT2D eigenvalue weighted by Crippen LogP contribution is -2.43. The van der Waals surface area contributed by atoms with Gasteiger partial charge in [-0.1, -0.05) is 6.07 Å². The minimum Gasteiger partial charge on any atom is -0.461 e. The van der Waals surface area contributed by atoms with E-state index in [1.165, 1.54) is 12.3 Å². The van der Waals surface area contributed by atoms with Gasteiger partial charge in [0.1, 0.15) is 41.1 Å². The third-order valence-electron chi connectivity index (χ3n) is 9.67. The van der Waals surface area contributed by atoms with Crippen LogP contribution in [-0.2, 0) is 0 Å². The van der Waals surface area contributed by atoms with Crippen molar-refractivity contribution in [3.8, 4) is 17.3 Å². The Morgan fingerprint density at radius 1 is 1.28 bits per heavy atom. The summed E-state index contributed by atoms with van der Waals surface area (Å²) in [6.07, 6.45) is 5.58. The molecule has 11 nitrogen and oxygen atoms in total. The average Bonchev–Trinajstić information content (AvgIpc) is 3.49. The Balaban J connectivity index is 1.29. The molecule has 4 aromatic heterocycles. The maximum atomic E-state index is 16.9. The molecule has 3 aliphatic rings. The number of halogens is 3. The van der Waals surface area contributed by atoms with Crippen LogP contribution in [0.5, 0.6) is 6.01 Å².